The predicted molar refractivity (Wildman–Crippen MR) is 86.3 cm³/mol. The highest BCUT2D eigenvalue weighted by Crippen LogP contribution is 2.17. The average Bonchev–Trinajstić information content (AvgIpc) is 3.00. The number of rotatable bonds is 5. The number of carbonyl (C=O) groups is 1. The second-order valence-electron chi connectivity index (χ2n) is 5.79. The van der Waals surface area contributed by atoms with Crippen LogP contribution in [0.25, 0.3) is 0 Å². The van der Waals surface area contributed by atoms with Gasteiger partial charge in [-0.15, -0.1) is 0 Å². The van der Waals surface area contributed by atoms with Gasteiger partial charge in [0.1, 0.15) is 0 Å². The van der Waals surface area contributed by atoms with Crippen molar-refractivity contribution in [2.24, 2.45) is 5.14 Å². The Morgan fingerprint density at radius 1 is 1.26 bits per heavy atom. The molecule has 0 unspecified atom stereocenters. The lowest BCUT2D eigenvalue weighted by atomic mass is 10.1. The van der Waals surface area contributed by atoms with Crippen molar-refractivity contribution >= 4 is 16.1 Å². The third-order valence-corrected chi connectivity index (χ3v) is 4.87. The first kappa shape index (κ1) is 17.7. The average molecular weight is 341 g/mol. The Hall–Kier alpha value is -1.64. The van der Waals surface area contributed by atoms with Gasteiger partial charge in [-0.25, -0.2) is 18.4 Å². The van der Waals surface area contributed by atoms with Gasteiger partial charge in [-0.2, -0.15) is 0 Å². The van der Waals surface area contributed by atoms with Crippen LogP contribution in [-0.4, -0.2) is 33.2 Å². The van der Waals surface area contributed by atoms with Crippen LogP contribution in [0.5, 0.6) is 0 Å². The maximum absolute atomic E-state index is 12.0. The Balaban J connectivity index is 1.90. The molecule has 1 fully saturated rings. The van der Waals surface area contributed by atoms with Gasteiger partial charge < -0.3 is 15.4 Å². The van der Waals surface area contributed by atoms with Gasteiger partial charge in [-0.1, -0.05) is 12.1 Å². The van der Waals surface area contributed by atoms with Gasteiger partial charge >= 0.3 is 6.03 Å². The molecule has 0 aliphatic carbocycles. The van der Waals surface area contributed by atoms with Gasteiger partial charge in [0.15, 0.2) is 0 Å². The van der Waals surface area contributed by atoms with Crippen LogP contribution in [0, 0.1) is 0 Å². The summed E-state index contributed by atoms with van der Waals surface area (Å²) in [6.07, 6.45) is 2.03. The Bertz CT molecular complexity index is 639. The molecule has 8 heteroatoms. The summed E-state index contributed by atoms with van der Waals surface area (Å²) in [7, 11) is -3.71. The summed E-state index contributed by atoms with van der Waals surface area (Å²) >= 11 is 0. The molecule has 7 nitrogen and oxygen atoms in total. The maximum atomic E-state index is 12.0. The monoisotopic (exact) mass is 341 g/mol. The van der Waals surface area contributed by atoms with E-state index in [1.807, 2.05) is 13.8 Å². The van der Waals surface area contributed by atoms with Crippen LogP contribution in [0.2, 0.25) is 0 Å². The molecule has 2 rings (SSSR count). The Kier molecular flexibility index (Phi) is 5.61. The Morgan fingerprint density at radius 3 is 2.43 bits per heavy atom. The van der Waals surface area contributed by atoms with E-state index in [2.05, 4.69) is 10.6 Å². The fourth-order valence-corrected chi connectivity index (χ4v) is 3.08. The first-order valence-electron chi connectivity index (χ1n) is 7.59. The highest BCUT2D eigenvalue weighted by atomic mass is 32.2. The molecule has 23 heavy (non-hydrogen) atoms. The number of urea groups is 1. The minimum absolute atomic E-state index is 0.0462. The van der Waals surface area contributed by atoms with Crippen LogP contribution in [0.15, 0.2) is 29.2 Å². The molecule has 1 aliphatic rings. The zero-order valence-corrected chi connectivity index (χ0v) is 14.1. The lowest BCUT2D eigenvalue weighted by Crippen LogP contribution is -2.46. The van der Waals surface area contributed by atoms with E-state index >= 15 is 0 Å². The standard InChI is InChI=1S/C15H23N3O4S/c1-10(12-5-7-13(8-6-12)23(16,20)21)17-15(19)18-11(2)14-4-3-9-22-14/h5-8,10-11,14H,3-4,9H2,1-2H3,(H2,16,20,21)(H2,17,18,19)/t10-,11+,14+/m0/s1. The predicted octanol–water partition coefficient (Wildman–Crippen LogP) is 1.26. The molecule has 1 aromatic rings. The van der Waals surface area contributed by atoms with Crippen molar-refractivity contribution in [3.8, 4) is 0 Å². The lowest BCUT2D eigenvalue weighted by molar-refractivity contribution is 0.0859. The third kappa shape index (κ3) is 4.92. The Morgan fingerprint density at radius 2 is 1.91 bits per heavy atom. The van der Waals surface area contributed by atoms with Crippen LogP contribution in [0.3, 0.4) is 0 Å². The number of hydrogen-bond acceptors (Lipinski definition) is 4. The number of sulfonamides is 1. The molecule has 128 valence electrons. The molecule has 0 aromatic heterocycles. The van der Waals surface area contributed by atoms with Crippen molar-refractivity contribution in [3.63, 3.8) is 0 Å². The van der Waals surface area contributed by atoms with Crippen LogP contribution in [0.4, 0.5) is 4.79 Å². The molecule has 0 bridgehead atoms. The van der Waals surface area contributed by atoms with Crippen LogP contribution in [-0.2, 0) is 14.8 Å². The van der Waals surface area contributed by atoms with Gasteiger partial charge in [-0.05, 0) is 44.4 Å². The van der Waals surface area contributed by atoms with E-state index in [0.29, 0.717) is 0 Å². The van der Waals surface area contributed by atoms with E-state index in [-0.39, 0.29) is 29.1 Å². The first-order valence-corrected chi connectivity index (χ1v) is 9.13. The van der Waals surface area contributed by atoms with Crippen molar-refractivity contribution in [1.29, 1.82) is 0 Å². The lowest BCUT2D eigenvalue weighted by Gasteiger charge is -2.22. The van der Waals surface area contributed by atoms with Gasteiger partial charge in [0.05, 0.1) is 23.1 Å². The molecule has 1 aliphatic heterocycles. The van der Waals surface area contributed by atoms with Crippen molar-refractivity contribution < 1.29 is 17.9 Å². The molecular weight excluding hydrogens is 318 g/mol. The van der Waals surface area contributed by atoms with E-state index in [0.717, 1.165) is 25.0 Å². The fraction of sp³-hybridized carbons (Fsp3) is 0.533. The summed E-state index contributed by atoms with van der Waals surface area (Å²) in [6.45, 7) is 4.48. The van der Waals surface area contributed by atoms with Gasteiger partial charge in [0.2, 0.25) is 10.0 Å². The van der Waals surface area contributed by atoms with E-state index in [9.17, 15) is 13.2 Å². The maximum Gasteiger partial charge on any atom is 0.315 e. The number of benzene rings is 1. The number of nitrogens with two attached hydrogens (primary N) is 1. The number of nitrogens with one attached hydrogen (secondary N) is 2. The summed E-state index contributed by atoms with van der Waals surface area (Å²) < 4.78 is 28.0. The quantitative estimate of drug-likeness (QED) is 0.749. The number of carbonyl (C=O) groups excluding carboxylic acids is 1. The smallest absolute Gasteiger partial charge is 0.315 e. The number of hydrogen-bond donors (Lipinski definition) is 3. The van der Waals surface area contributed by atoms with Gasteiger partial charge in [0, 0.05) is 6.61 Å². The van der Waals surface area contributed by atoms with E-state index in [4.69, 9.17) is 9.88 Å². The number of primary sulfonamides is 1. The van der Waals surface area contributed by atoms with E-state index in [1.165, 1.54) is 12.1 Å². The minimum Gasteiger partial charge on any atom is -0.376 e. The highest BCUT2D eigenvalue weighted by molar-refractivity contribution is 7.89. The first-order chi connectivity index (χ1) is 10.8. The molecule has 0 spiro atoms. The molecule has 4 N–H and O–H groups in total. The summed E-state index contributed by atoms with van der Waals surface area (Å²) in [5, 5.41) is 10.7. The molecular formula is C15H23N3O4S. The third-order valence-electron chi connectivity index (χ3n) is 3.94. The zero-order chi connectivity index (χ0) is 17.0. The van der Waals surface area contributed by atoms with Crippen molar-refractivity contribution in [3.05, 3.63) is 29.8 Å². The van der Waals surface area contributed by atoms with Crippen LogP contribution in [0.1, 0.15) is 38.3 Å². The van der Waals surface area contributed by atoms with Crippen LogP contribution < -0.4 is 15.8 Å². The molecule has 1 heterocycles. The fourth-order valence-electron chi connectivity index (χ4n) is 2.56. The minimum atomic E-state index is -3.71. The van der Waals surface area contributed by atoms with E-state index < -0.39 is 10.0 Å². The van der Waals surface area contributed by atoms with Crippen molar-refractivity contribution in [1.82, 2.24) is 10.6 Å². The van der Waals surface area contributed by atoms with Crippen molar-refractivity contribution in [2.45, 2.75) is 49.8 Å². The van der Waals surface area contributed by atoms with Crippen molar-refractivity contribution in [2.75, 3.05) is 6.61 Å². The molecule has 1 saturated heterocycles. The van der Waals surface area contributed by atoms with Gasteiger partial charge in [-0.3, -0.25) is 0 Å². The second-order valence-corrected chi connectivity index (χ2v) is 7.36. The van der Waals surface area contributed by atoms with Crippen LogP contribution >= 0.6 is 0 Å². The normalized spacial score (nSPS) is 20.7. The van der Waals surface area contributed by atoms with E-state index in [1.54, 1.807) is 12.1 Å². The summed E-state index contributed by atoms with van der Waals surface area (Å²) in [6, 6.07) is 5.51. The second kappa shape index (κ2) is 7.29. The SMILES string of the molecule is C[C@H](NC(=O)N[C@H](C)[C@H]1CCCO1)c1ccc(S(N)(=O)=O)cc1. The zero-order valence-electron chi connectivity index (χ0n) is 13.3. The molecule has 3 atom stereocenters. The summed E-state index contributed by atoms with van der Waals surface area (Å²) in [4.78, 5) is 12.1. The number of amides is 2. The number of ether oxygens (including phenoxy) is 1. The summed E-state index contributed by atoms with van der Waals surface area (Å²) in [5.74, 6) is 0. The van der Waals surface area contributed by atoms with Gasteiger partial charge in [0.25, 0.3) is 0 Å². The summed E-state index contributed by atoms with van der Waals surface area (Å²) in [5.41, 5.74) is 0.789. The molecule has 1 aromatic carbocycles. The largest absolute Gasteiger partial charge is 0.376 e. The topological polar surface area (TPSA) is 111 Å². The molecule has 2 amide bonds. The molecule has 0 radical (unpaired) electrons. The Labute approximate surface area is 136 Å². The molecule has 0 saturated carbocycles. The highest BCUT2D eigenvalue weighted by Gasteiger charge is 2.24.